The van der Waals surface area contributed by atoms with E-state index in [-0.39, 0.29) is 5.69 Å². The molecule has 1 aromatic carbocycles. The van der Waals surface area contributed by atoms with Gasteiger partial charge in [0.1, 0.15) is 6.07 Å². The largest absolute Gasteiger partial charge is 0.493 e. The molecule has 118 valence electrons. The predicted octanol–water partition coefficient (Wildman–Crippen LogP) is 3.33. The SMILES string of the molecule is C=CCNc1oc(/C=C/c2ccc(OC)c(OC)c2)nc1C#N. The third-order valence-corrected chi connectivity index (χ3v) is 2.98. The zero-order valence-electron chi connectivity index (χ0n) is 13.0. The van der Waals surface area contributed by atoms with Crippen molar-refractivity contribution in [3.05, 3.63) is 48.0 Å². The number of ether oxygens (including phenoxy) is 2. The summed E-state index contributed by atoms with van der Waals surface area (Å²) in [5, 5.41) is 12.0. The van der Waals surface area contributed by atoms with Crippen LogP contribution < -0.4 is 14.8 Å². The van der Waals surface area contributed by atoms with E-state index in [1.807, 2.05) is 30.3 Å². The van der Waals surface area contributed by atoms with Gasteiger partial charge in [0.05, 0.1) is 14.2 Å². The number of aromatic nitrogens is 1. The Labute approximate surface area is 134 Å². The molecule has 6 heteroatoms. The van der Waals surface area contributed by atoms with Crippen LogP contribution in [0.2, 0.25) is 0 Å². The lowest BCUT2D eigenvalue weighted by Gasteiger charge is -2.07. The van der Waals surface area contributed by atoms with Crippen molar-refractivity contribution in [3.8, 4) is 17.6 Å². The van der Waals surface area contributed by atoms with E-state index in [0.29, 0.717) is 29.8 Å². The number of anilines is 1. The van der Waals surface area contributed by atoms with Gasteiger partial charge in [-0.3, -0.25) is 0 Å². The smallest absolute Gasteiger partial charge is 0.232 e. The lowest BCUT2D eigenvalue weighted by atomic mass is 10.2. The molecule has 0 bridgehead atoms. The second-order valence-corrected chi connectivity index (χ2v) is 4.46. The number of methoxy groups -OCH3 is 2. The fourth-order valence-electron chi connectivity index (χ4n) is 1.89. The van der Waals surface area contributed by atoms with Crippen LogP contribution in [0, 0.1) is 11.3 Å². The molecule has 0 radical (unpaired) electrons. The van der Waals surface area contributed by atoms with Gasteiger partial charge in [0.2, 0.25) is 17.5 Å². The molecule has 1 aromatic heterocycles. The Morgan fingerprint density at radius 2 is 2.09 bits per heavy atom. The Hall–Kier alpha value is -3.20. The number of hydrogen-bond acceptors (Lipinski definition) is 6. The van der Waals surface area contributed by atoms with Crippen molar-refractivity contribution in [3.63, 3.8) is 0 Å². The molecule has 2 aromatic rings. The van der Waals surface area contributed by atoms with Crippen molar-refractivity contribution in [2.75, 3.05) is 26.1 Å². The van der Waals surface area contributed by atoms with Crippen LogP contribution in [0.1, 0.15) is 17.1 Å². The van der Waals surface area contributed by atoms with Crippen LogP contribution in [0.3, 0.4) is 0 Å². The van der Waals surface area contributed by atoms with E-state index < -0.39 is 0 Å². The summed E-state index contributed by atoms with van der Waals surface area (Å²) in [6.45, 7) is 4.09. The molecule has 23 heavy (non-hydrogen) atoms. The van der Waals surface area contributed by atoms with Crippen molar-refractivity contribution in [1.29, 1.82) is 5.26 Å². The van der Waals surface area contributed by atoms with Gasteiger partial charge in [-0.2, -0.15) is 10.2 Å². The molecule has 0 atom stereocenters. The Bertz CT molecular complexity index is 757. The van der Waals surface area contributed by atoms with Gasteiger partial charge in [-0.25, -0.2) is 0 Å². The number of nitrogens with zero attached hydrogens (tertiary/aromatic N) is 2. The van der Waals surface area contributed by atoms with Gasteiger partial charge in [-0.15, -0.1) is 6.58 Å². The summed E-state index contributed by atoms with van der Waals surface area (Å²) in [7, 11) is 3.16. The van der Waals surface area contributed by atoms with Crippen LogP contribution in [0.15, 0.2) is 35.3 Å². The molecule has 0 aliphatic carbocycles. The standard InChI is InChI=1S/C17H17N3O3/c1-4-9-19-17-13(11-18)20-16(23-17)8-6-12-5-7-14(21-2)15(10-12)22-3/h4-8,10,19H,1,9H2,2-3H3/b8-6+. The number of rotatable bonds is 7. The van der Waals surface area contributed by atoms with Gasteiger partial charge in [0.25, 0.3) is 0 Å². The Morgan fingerprint density at radius 1 is 1.30 bits per heavy atom. The summed E-state index contributed by atoms with van der Waals surface area (Å²) >= 11 is 0. The first-order valence-corrected chi connectivity index (χ1v) is 6.87. The highest BCUT2D eigenvalue weighted by Gasteiger charge is 2.10. The van der Waals surface area contributed by atoms with Crippen LogP contribution >= 0.6 is 0 Å². The van der Waals surface area contributed by atoms with Crippen molar-refractivity contribution >= 4 is 18.0 Å². The Morgan fingerprint density at radius 3 is 2.74 bits per heavy atom. The van der Waals surface area contributed by atoms with Crippen molar-refractivity contribution < 1.29 is 13.9 Å². The third kappa shape index (κ3) is 3.92. The lowest BCUT2D eigenvalue weighted by molar-refractivity contribution is 0.355. The second-order valence-electron chi connectivity index (χ2n) is 4.46. The number of nitrogens with one attached hydrogen (secondary N) is 1. The highest BCUT2D eigenvalue weighted by Crippen LogP contribution is 2.28. The van der Waals surface area contributed by atoms with Gasteiger partial charge in [-0.05, 0) is 23.8 Å². The van der Waals surface area contributed by atoms with Crippen LogP contribution in [0.5, 0.6) is 11.5 Å². The normalized spacial score (nSPS) is 10.3. The molecule has 0 saturated heterocycles. The van der Waals surface area contributed by atoms with Gasteiger partial charge in [0.15, 0.2) is 11.5 Å². The van der Waals surface area contributed by atoms with Gasteiger partial charge in [-0.1, -0.05) is 12.1 Å². The molecular formula is C17H17N3O3. The molecule has 0 unspecified atom stereocenters. The first kappa shape index (κ1) is 16.2. The van der Waals surface area contributed by atoms with E-state index in [4.69, 9.17) is 19.2 Å². The van der Waals surface area contributed by atoms with Gasteiger partial charge in [0, 0.05) is 12.6 Å². The highest BCUT2D eigenvalue weighted by atomic mass is 16.5. The minimum absolute atomic E-state index is 0.207. The van der Waals surface area contributed by atoms with E-state index in [2.05, 4.69) is 16.9 Å². The predicted molar refractivity (Wildman–Crippen MR) is 88.4 cm³/mol. The summed E-state index contributed by atoms with van der Waals surface area (Å²) in [5.41, 5.74) is 1.10. The second kappa shape index (κ2) is 7.71. The van der Waals surface area contributed by atoms with E-state index in [0.717, 1.165) is 5.56 Å². The average Bonchev–Trinajstić information content (AvgIpc) is 2.99. The maximum atomic E-state index is 9.05. The molecule has 6 nitrogen and oxygen atoms in total. The van der Waals surface area contributed by atoms with Crippen molar-refractivity contribution in [2.45, 2.75) is 0 Å². The molecule has 0 fully saturated rings. The molecule has 0 saturated carbocycles. The van der Waals surface area contributed by atoms with E-state index >= 15 is 0 Å². The minimum atomic E-state index is 0.207. The summed E-state index contributed by atoms with van der Waals surface area (Å²) in [5.74, 6) is 1.96. The Balaban J connectivity index is 2.21. The number of benzene rings is 1. The third-order valence-electron chi connectivity index (χ3n) is 2.98. The fraction of sp³-hybridized carbons (Fsp3) is 0.176. The topological polar surface area (TPSA) is 80.3 Å². The van der Waals surface area contributed by atoms with Crippen molar-refractivity contribution in [2.24, 2.45) is 0 Å². The van der Waals surface area contributed by atoms with Crippen LogP contribution in [-0.4, -0.2) is 25.7 Å². The molecule has 0 aliphatic heterocycles. The molecular weight excluding hydrogens is 294 g/mol. The summed E-state index contributed by atoms with van der Waals surface area (Å²) < 4.78 is 15.9. The van der Waals surface area contributed by atoms with Gasteiger partial charge >= 0.3 is 0 Å². The minimum Gasteiger partial charge on any atom is -0.493 e. The zero-order valence-corrected chi connectivity index (χ0v) is 13.0. The van der Waals surface area contributed by atoms with E-state index in [1.54, 1.807) is 26.4 Å². The number of hydrogen-bond donors (Lipinski definition) is 1. The lowest BCUT2D eigenvalue weighted by Crippen LogP contribution is -1.97. The molecule has 1 N–H and O–H groups in total. The van der Waals surface area contributed by atoms with Crippen LogP contribution in [0.4, 0.5) is 5.88 Å². The summed E-state index contributed by atoms with van der Waals surface area (Å²) in [6.07, 6.45) is 5.16. The first-order chi connectivity index (χ1) is 11.2. The monoisotopic (exact) mass is 311 g/mol. The average molecular weight is 311 g/mol. The van der Waals surface area contributed by atoms with Crippen molar-refractivity contribution in [1.82, 2.24) is 4.98 Å². The Kier molecular flexibility index (Phi) is 5.42. The molecule has 0 aliphatic rings. The van der Waals surface area contributed by atoms with E-state index in [9.17, 15) is 0 Å². The van der Waals surface area contributed by atoms with Gasteiger partial charge < -0.3 is 19.2 Å². The molecule has 0 spiro atoms. The zero-order chi connectivity index (χ0) is 16.7. The quantitative estimate of drug-likeness (QED) is 0.790. The number of nitriles is 1. The highest BCUT2D eigenvalue weighted by molar-refractivity contribution is 5.68. The fourth-order valence-corrected chi connectivity index (χ4v) is 1.89. The molecule has 2 rings (SSSR count). The maximum Gasteiger partial charge on any atom is 0.232 e. The summed E-state index contributed by atoms with van der Waals surface area (Å²) in [4.78, 5) is 4.11. The molecule has 0 amide bonds. The first-order valence-electron chi connectivity index (χ1n) is 6.87. The number of oxazole rings is 1. The van der Waals surface area contributed by atoms with Crippen LogP contribution in [-0.2, 0) is 0 Å². The summed E-state index contributed by atoms with van der Waals surface area (Å²) in [6, 6.07) is 7.51. The van der Waals surface area contributed by atoms with Crippen LogP contribution in [0.25, 0.3) is 12.2 Å². The maximum absolute atomic E-state index is 9.05. The van der Waals surface area contributed by atoms with E-state index in [1.165, 1.54) is 0 Å². The molecule has 1 heterocycles.